The summed E-state index contributed by atoms with van der Waals surface area (Å²) < 4.78 is 0.741. The zero-order valence-electron chi connectivity index (χ0n) is 10.4. The van der Waals surface area contributed by atoms with Crippen LogP contribution in [-0.2, 0) is 0 Å². The SMILES string of the molecule is O=C(Nc1nc2c(Cl)ccc(Cl)c2s1)c1cccc(Cl)c1. The van der Waals surface area contributed by atoms with E-state index in [0.717, 1.165) is 4.70 Å². The molecule has 0 spiro atoms. The number of aromatic nitrogens is 1. The molecule has 1 aromatic heterocycles. The molecule has 0 atom stereocenters. The van der Waals surface area contributed by atoms with Gasteiger partial charge in [0.25, 0.3) is 5.91 Å². The molecule has 3 rings (SSSR count). The van der Waals surface area contributed by atoms with Gasteiger partial charge in [0.15, 0.2) is 5.13 Å². The molecule has 3 nitrogen and oxygen atoms in total. The van der Waals surface area contributed by atoms with Crippen LogP contribution in [0.15, 0.2) is 36.4 Å². The topological polar surface area (TPSA) is 42.0 Å². The molecule has 1 N–H and O–H groups in total. The number of hydrogen-bond acceptors (Lipinski definition) is 3. The van der Waals surface area contributed by atoms with E-state index in [9.17, 15) is 4.79 Å². The fraction of sp³-hybridized carbons (Fsp3) is 0. The number of anilines is 1. The fourth-order valence-corrected chi connectivity index (χ4v) is 3.40. The molecule has 0 unspecified atom stereocenters. The van der Waals surface area contributed by atoms with Gasteiger partial charge >= 0.3 is 0 Å². The summed E-state index contributed by atoms with van der Waals surface area (Å²) in [6.45, 7) is 0. The summed E-state index contributed by atoms with van der Waals surface area (Å²) in [5, 5.41) is 4.70. The number of benzene rings is 2. The van der Waals surface area contributed by atoms with E-state index in [1.54, 1.807) is 36.4 Å². The van der Waals surface area contributed by atoms with Crippen molar-refractivity contribution in [1.82, 2.24) is 4.98 Å². The van der Waals surface area contributed by atoms with Crippen LogP contribution in [-0.4, -0.2) is 10.9 Å². The minimum absolute atomic E-state index is 0.288. The minimum atomic E-state index is -0.288. The van der Waals surface area contributed by atoms with Crippen molar-refractivity contribution in [2.24, 2.45) is 0 Å². The molecule has 7 heteroatoms. The molecule has 0 aliphatic rings. The minimum Gasteiger partial charge on any atom is -0.298 e. The average molecular weight is 358 g/mol. The fourth-order valence-electron chi connectivity index (χ4n) is 1.80. The van der Waals surface area contributed by atoms with Crippen molar-refractivity contribution in [3.8, 4) is 0 Å². The van der Waals surface area contributed by atoms with E-state index in [2.05, 4.69) is 10.3 Å². The monoisotopic (exact) mass is 356 g/mol. The van der Waals surface area contributed by atoms with Gasteiger partial charge in [0.05, 0.1) is 14.7 Å². The Balaban J connectivity index is 1.93. The molecular formula is C14H7Cl3N2OS. The normalized spacial score (nSPS) is 10.8. The van der Waals surface area contributed by atoms with E-state index in [0.29, 0.717) is 31.3 Å². The molecule has 1 amide bonds. The maximum atomic E-state index is 12.1. The Kier molecular flexibility index (Phi) is 4.04. The lowest BCUT2D eigenvalue weighted by atomic mass is 10.2. The van der Waals surface area contributed by atoms with Crippen LogP contribution >= 0.6 is 46.1 Å². The summed E-state index contributed by atoms with van der Waals surface area (Å²) in [4.78, 5) is 16.4. The Bertz CT molecular complexity index is 808. The van der Waals surface area contributed by atoms with Crippen molar-refractivity contribution in [2.75, 3.05) is 5.32 Å². The Labute approximate surface area is 139 Å². The van der Waals surface area contributed by atoms with Gasteiger partial charge in [-0.2, -0.15) is 0 Å². The first-order valence-corrected chi connectivity index (χ1v) is 7.81. The number of amides is 1. The van der Waals surface area contributed by atoms with Crippen LogP contribution in [0.5, 0.6) is 0 Å². The highest BCUT2D eigenvalue weighted by atomic mass is 35.5. The number of halogens is 3. The van der Waals surface area contributed by atoms with Crippen molar-refractivity contribution >= 4 is 67.4 Å². The van der Waals surface area contributed by atoms with E-state index in [4.69, 9.17) is 34.8 Å². The third-order valence-corrected chi connectivity index (χ3v) is 4.72. The predicted molar refractivity (Wildman–Crippen MR) is 89.0 cm³/mol. The van der Waals surface area contributed by atoms with Crippen LogP contribution < -0.4 is 5.32 Å². The molecule has 1 heterocycles. The number of thiazole rings is 1. The lowest BCUT2D eigenvalue weighted by Crippen LogP contribution is -2.11. The number of rotatable bonds is 2. The maximum absolute atomic E-state index is 12.1. The van der Waals surface area contributed by atoms with Crippen molar-refractivity contribution in [2.45, 2.75) is 0 Å². The summed E-state index contributed by atoms with van der Waals surface area (Å²) in [7, 11) is 0. The zero-order valence-corrected chi connectivity index (χ0v) is 13.4. The molecule has 2 aromatic carbocycles. The van der Waals surface area contributed by atoms with Gasteiger partial charge in [-0.3, -0.25) is 10.1 Å². The number of hydrogen-bond donors (Lipinski definition) is 1. The smallest absolute Gasteiger partial charge is 0.257 e. The highest BCUT2D eigenvalue weighted by Crippen LogP contribution is 2.36. The van der Waals surface area contributed by atoms with Gasteiger partial charge in [-0.15, -0.1) is 0 Å². The number of carbonyl (C=O) groups excluding carboxylic acids is 1. The first-order valence-electron chi connectivity index (χ1n) is 5.86. The summed E-state index contributed by atoms with van der Waals surface area (Å²) in [6.07, 6.45) is 0. The van der Waals surface area contributed by atoms with Gasteiger partial charge < -0.3 is 0 Å². The molecule has 0 aliphatic heterocycles. The number of carbonyl (C=O) groups is 1. The molecule has 3 aromatic rings. The summed E-state index contributed by atoms with van der Waals surface area (Å²) >= 11 is 19.3. The summed E-state index contributed by atoms with van der Waals surface area (Å²) in [5.74, 6) is -0.288. The third kappa shape index (κ3) is 2.99. The van der Waals surface area contributed by atoms with Gasteiger partial charge in [0.1, 0.15) is 5.52 Å². The Morgan fingerprint density at radius 2 is 1.86 bits per heavy atom. The second-order valence-electron chi connectivity index (χ2n) is 4.19. The van der Waals surface area contributed by atoms with Crippen LogP contribution in [0.3, 0.4) is 0 Å². The largest absolute Gasteiger partial charge is 0.298 e. The number of fused-ring (bicyclic) bond motifs is 1. The Hall–Kier alpha value is -1.33. The van der Waals surface area contributed by atoms with Crippen molar-refractivity contribution in [3.63, 3.8) is 0 Å². The van der Waals surface area contributed by atoms with Gasteiger partial charge in [-0.25, -0.2) is 4.98 Å². The third-order valence-electron chi connectivity index (χ3n) is 2.75. The van der Waals surface area contributed by atoms with E-state index in [-0.39, 0.29) is 5.91 Å². The van der Waals surface area contributed by atoms with Gasteiger partial charge in [0.2, 0.25) is 0 Å². The Morgan fingerprint density at radius 1 is 1.10 bits per heavy atom. The quantitative estimate of drug-likeness (QED) is 0.657. The molecule has 0 bridgehead atoms. The molecular weight excluding hydrogens is 351 g/mol. The zero-order chi connectivity index (χ0) is 15.0. The second kappa shape index (κ2) is 5.81. The van der Waals surface area contributed by atoms with E-state index >= 15 is 0 Å². The molecule has 0 fully saturated rings. The maximum Gasteiger partial charge on any atom is 0.257 e. The molecule has 0 radical (unpaired) electrons. The number of nitrogens with one attached hydrogen (secondary N) is 1. The van der Waals surface area contributed by atoms with Crippen molar-refractivity contribution in [3.05, 3.63) is 57.0 Å². The van der Waals surface area contributed by atoms with Crippen LogP contribution in [0.4, 0.5) is 5.13 Å². The van der Waals surface area contributed by atoms with E-state index in [1.807, 2.05) is 0 Å². The molecule has 0 saturated heterocycles. The predicted octanol–water partition coefficient (Wildman–Crippen LogP) is 5.51. The van der Waals surface area contributed by atoms with Crippen molar-refractivity contribution < 1.29 is 4.79 Å². The summed E-state index contributed by atoms with van der Waals surface area (Å²) in [5.41, 5.74) is 1.04. The van der Waals surface area contributed by atoms with E-state index < -0.39 is 0 Å². The molecule has 106 valence electrons. The average Bonchev–Trinajstić information content (AvgIpc) is 2.88. The highest BCUT2D eigenvalue weighted by molar-refractivity contribution is 7.23. The Morgan fingerprint density at radius 3 is 2.57 bits per heavy atom. The molecule has 0 saturated carbocycles. The lowest BCUT2D eigenvalue weighted by Gasteiger charge is -2.01. The highest BCUT2D eigenvalue weighted by Gasteiger charge is 2.13. The molecule has 21 heavy (non-hydrogen) atoms. The standard InChI is InChI=1S/C14H7Cl3N2OS/c15-8-3-1-2-7(6-8)13(20)19-14-18-11-9(16)4-5-10(17)12(11)21-14/h1-6H,(H,18,19,20). The van der Waals surface area contributed by atoms with Crippen LogP contribution in [0, 0.1) is 0 Å². The van der Waals surface area contributed by atoms with Gasteiger partial charge in [-0.1, -0.05) is 52.2 Å². The van der Waals surface area contributed by atoms with Crippen LogP contribution in [0.2, 0.25) is 15.1 Å². The first kappa shape index (κ1) is 14.6. The van der Waals surface area contributed by atoms with Gasteiger partial charge in [0, 0.05) is 10.6 Å². The van der Waals surface area contributed by atoms with Crippen LogP contribution in [0.1, 0.15) is 10.4 Å². The second-order valence-corrected chi connectivity index (χ2v) is 6.44. The molecule has 0 aliphatic carbocycles. The lowest BCUT2D eigenvalue weighted by molar-refractivity contribution is 0.102. The van der Waals surface area contributed by atoms with E-state index in [1.165, 1.54) is 11.3 Å². The van der Waals surface area contributed by atoms with Crippen molar-refractivity contribution in [1.29, 1.82) is 0 Å². The first-order chi connectivity index (χ1) is 10.0. The summed E-state index contributed by atoms with van der Waals surface area (Å²) in [6, 6.07) is 10.1. The van der Waals surface area contributed by atoms with Crippen LogP contribution in [0.25, 0.3) is 10.2 Å². The number of nitrogens with zero attached hydrogens (tertiary/aromatic N) is 1. The van der Waals surface area contributed by atoms with Gasteiger partial charge in [-0.05, 0) is 30.3 Å².